The third-order valence-electron chi connectivity index (χ3n) is 9.08. The first kappa shape index (κ1) is 58.8. The van der Waals surface area contributed by atoms with Crippen molar-refractivity contribution in [1.82, 2.24) is 0 Å². The monoisotopic (exact) mass is 895 g/mol. The molecule has 1 unspecified atom stereocenters. The molecule has 0 aliphatic carbocycles. The van der Waals surface area contributed by atoms with Gasteiger partial charge >= 0.3 is 19.8 Å². The quantitative estimate of drug-likeness (QED) is 0.0112. The van der Waals surface area contributed by atoms with E-state index < -0.39 is 76.7 Å². The highest BCUT2D eigenvalue weighted by atomic mass is 31.2. The van der Waals surface area contributed by atoms with Crippen LogP contribution in [-0.2, 0) is 32.7 Å². The lowest BCUT2D eigenvalue weighted by Crippen LogP contribution is -2.30. The zero-order valence-corrected chi connectivity index (χ0v) is 38.3. The molecule has 62 heavy (non-hydrogen) atoms. The van der Waals surface area contributed by atoms with Gasteiger partial charge in [-0.25, -0.2) is 4.57 Å². The van der Waals surface area contributed by atoms with E-state index in [9.17, 15) is 39.5 Å². The molecular formula is C48H79O13P. The van der Waals surface area contributed by atoms with Crippen LogP contribution in [0.2, 0.25) is 0 Å². The standard InChI is InChI=1S/C48H79O13P/c1-3-5-7-8-9-10-11-12-13-14-15-16-17-18-19-20-21-26-30-36-47(54)58-40-44(41-60-62(56,57)59-39-43(51)38-49)61-48(55)37-31-35-46(53)45(52)34-29-25-23-22-24-28-33-42(50)32-27-6-4-2/h9-10,12-13,15-16,18-19,22-25,28-29,33-34,42-46,49-53H,3-8,11,14,17,20-21,26-27,30-32,35-41H2,1-2H3,(H,56,57)/b10-9-,13-12-,16-15-,19-18-,24-22-,25-23+,33-28+,34-29+/t42-,43-,44+,45-,46-/m0/s1. The molecular weight excluding hydrogens is 815 g/mol. The molecule has 0 bridgehead atoms. The highest BCUT2D eigenvalue weighted by molar-refractivity contribution is 7.47. The number of unbranched alkanes of at least 4 members (excludes halogenated alkanes) is 8. The van der Waals surface area contributed by atoms with Gasteiger partial charge in [-0.2, -0.15) is 0 Å². The van der Waals surface area contributed by atoms with E-state index in [4.69, 9.17) is 19.1 Å². The van der Waals surface area contributed by atoms with Gasteiger partial charge in [0.05, 0.1) is 38.1 Å². The van der Waals surface area contributed by atoms with Crippen LogP contribution in [0.4, 0.5) is 0 Å². The Morgan fingerprint density at radius 3 is 1.73 bits per heavy atom. The fourth-order valence-corrected chi connectivity index (χ4v) is 6.21. The highest BCUT2D eigenvalue weighted by Crippen LogP contribution is 2.43. The first-order valence-electron chi connectivity index (χ1n) is 22.5. The molecule has 0 aromatic carbocycles. The van der Waals surface area contributed by atoms with Crippen molar-refractivity contribution in [3.63, 3.8) is 0 Å². The molecule has 0 aromatic heterocycles. The van der Waals surface area contributed by atoms with E-state index in [1.807, 2.05) is 0 Å². The number of aliphatic hydroxyl groups is 5. The maximum Gasteiger partial charge on any atom is 0.472 e. The number of phosphoric ester groups is 1. The Labute approximate surface area is 371 Å². The predicted molar refractivity (Wildman–Crippen MR) is 246 cm³/mol. The van der Waals surface area contributed by atoms with Crippen LogP contribution in [0.25, 0.3) is 0 Å². The van der Waals surface area contributed by atoms with Crippen LogP contribution < -0.4 is 0 Å². The Kier molecular flexibility index (Phi) is 39.6. The molecule has 0 fully saturated rings. The molecule has 0 spiro atoms. The van der Waals surface area contributed by atoms with Gasteiger partial charge in [0.15, 0.2) is 6.10 Å². The zero-order chi connectivity index (χ0) is 45.9. The maximum atomic E-state index is 12.7. The van der Waals surface area contributed by atoms with E-state index >= 15 is 0 Å². The van der Waals surface area contributed by atoms with E-state index in [2.05, 4.69) is 67.0 Å². The van der Waals surface area contributed by atoms with Crippen LogP contribution in [0, 0.1) is 0 Å². The number of aliphatic hydroxyl groups excluding tert-OH is 5. The molecule has 0 saturated carbocycles. The van der Waals surface area contributed by atoms with Crippen LogP contribution in [0.15, 0.2) is 97.2 Å². The topological polar surface area (TPSA) is 210 Å². The molecule has 0 radical (unpaired) electrons. The van der Waals surface area contributed by atoms with E-state index in [0.29, 0.717) is 6.42 Å². The Morgan fingerprint density at radius 2 is 1.11 bits per heavy atom. The predicted octanol–water partition coefficient (Wildman–Crippen LogP) is 8.91. The van der Waals surface area contributed by atoms with Crippen molar-refractivity contribution in [2.24, 2.45) is 0 Å². The van der Waals surface area contributed by atoms with Crippen molar-refractivity contribution >= 4 is 19.8 Å². The van der Waals surface area contributed by atoms with Gasteiger partial charge in [0.2, 0.25) is 0 Å². The molecule has 14 heteroatoms. The molecule has 6 atom stereocenters. The van der Waals surface area contributed by atoms with Gasteiger partial charge in [-0.05, 0) is 70.6 Å². The van der Waals surface area contributed by atoms with Crippen LogP contribution >= 0.6 is 7.82 Å². The number of rotatable bonds is 40. The summed E-state index contributed by atoms with van der Waals surface area (Å²) in [5.74, 6) is -1.30. The van der Waals surface area contributed by atoms with Gasteiger partial charge in [-0.1, -0.05) is 150 Å². The molecule has 0 rings (SSSR count). The third kappa shape index (κ3) is 39.6. The van der Waals surface area contributed by atoms with Gasteiger partial charge < -0.3 is 39.9 Å². The van der Waals surface area contributed by atoms with Crippen LogP contribution in [-0.4, -0.2) is 99.3 Å². The van der Waals surface area contributed by atoms with E-state index in [1.54, 1.807) is 42.5 Å². The van der Waals surface area contributed by atoms with Crippen molar-refractivity contribution < 1.29 is 63.1 Å². The lowest BCUT2D eigenvalue weighted by molar-refractivity contribution is -0.161. The smallest absolute Gasteiger partial charge is 0.462 e. The second-order valence-corrected chi connectivity index (χ2v) is 16.4. The van der Waals surface area contributed by atoms with Gasteiger partial charge in [-0.3, -0.25) is 18.6 Å². The van der Waals surface area contributed by atoms with Crippen molar-refractivity contribution in [2.45, 2.75) is 166 Å². The van der Waals surface area contributed by atoms with Crippen molar-refractivity contribution in [3.05, 3.63) is 97.2 Å². The molecule has 0 aliphatic rings. The Balaban J connectivity index is 4.68. The molecule has 354 valence electrons. The number of esters is 2. The SMILES string of the molecule is CCCCC/C=C\C/C=C\C/C=C\C/C=C\CCCCCC(=O)OC[C@H](COP(=O)(O)OC[C@@H](O)CO)OC(=O)CCC[C@H](O)[C@@H](O)/C=C/C=C/C=C\C=C\[C@@H](O)CCCCC. The van der Waals surface area contributed by atoms with Crippen LogP contribution in [0.5, 0.6) is 0 Å². The van der Waals surface area contributed by atoms with E-state index in [0.717, 1.165) is 70.6 Å². The Bertz CT molecular complexity index is 1400. The maximum absolute atomic E-state index is 12.7. The normalized spacial score (nSPS) is 16.2. The first-order chi connectivity index (χ1) is 29.9. The third-order valence-corrected chi connectivity index (χ3v) is 10.0. The van der Waals surface area contributed by atoms with Gasteiger partial charge in [0.25, 0.3) is 0 Å². The summed E-state index contributed by atoms with van der Waals surface area (Å²) in [6, 6.07) is 0. The number of phosphoric acid groups is 1. The summed E-state index contributed by atoms with van der Waals surface area (Å²) in [6.07, 6.45) is 40.2. The van der Waals surface area contributed by atoms with E-state index in [-0.39, 0.29) is 25.7 Å². The summed E-state index contributed by atoms with van der Waals surface area (Å²) >= 11 is 0. The van der Waals surface area contributed by atoms with E-state index in [1.165, 1.54) is 25.3 Å². The number of hydrogen-bond acceptors (Lipinski definition) is 12. The first-order valence-corrected chi connectivity index (χ1v) is 24.0. The minimum Gasteiger partial charge on any atom is -0.462 e. The second-order valence-electron chi connectivity index (χ2n) is 14.9. The largest absolute Gasteiger partial charge is 0.472 e. The summed E-state index contributed by atoms with van der Waals surface area (Å²) in [5.41, 5.74) is 0. The number of carbonyl (C=O) groups is 2. The second kappa shape index (κ2) is 41.8. The van der Waals surface area contributed by atoms with Crippen LogP contribution in [0.1, 0.15) is 136 Å². The molecule has 0 amide bonds. The van der Waals surface area contributed by atoms with Gasteiger partial charge in [0.1, 0.15) is 12.7 Å². The lowest BCUT2D eigenvalue weighted by atomic mass is 10.1. The molecule has 6 N–H and O–H groups in total. The lowest BCUT2D eigenvalue weighted by Gasteiger charge is -2.20. The van der Waals surface area contributed by atoms with Crippen molar-refractivity contribution in [3.8, 4) is 0 Å². The summed E-state index contributed by atoms with van der Waals surface area (Å²) in [7, 11) is -4.73. The number of ether oxygens (including phenoxy) is 2. The van der Waals surface area contributed by atoms with Crippen molar-refractivity contribution in [1.29, 1.82) is 0 Å². The Hall–Kier alpha value is -3.23. The number of hydrogen-bond donors (Lipinski definition) is 6. The summed E-state index contributed by atoms with van der Waals surface area (Å²) in [5, 5.41) is 48.9. The molecule has 0 heterocycles. The number of allylic oxidation sites excluding steroid dienone is 14. The minimum atomic E-state index is -4.73. The zero-order valence-electron chi connectivity index (χ0n) is 37.4. The summed E-state index contributed by atoms with van der Waals surface area (Å²) in [4.78, 5) is 35.1. The van der Waals surface area contributed by atoms with Gasteiger partial charge in [-0.15, -0.1) is 0 Å². The van der Waals surface area contributed by atoms with Gasteiger partial charge in [0, 0.05) is 12.8 Å². The summed E-state index contributed by atoms with van der Waals surface area (Å²) in [6.45, 7) is 1.79. The molecule has 0 aromatic rings. The minimum absolute atomic E-state index is 0.0566. The highest BCUT2D eigenvalue weighted by Gasteiger charge is 2.27. The fourth-order valence-electron chi connectivity index (χ4n) is 5.42. The van der Waals surface area contributed by atoms with Crippen LogP contribution in [0.3, 0.4) is 0 Å². The average molecular weight is 895 g/mol. The molecule has 0 aliphatic heterocycles. The van der Waals surface area contributed by atoms with Crippen molar-refractivity contribution in [2.75, 3.05) is 26.4 Å². The average Bonchev–Trinajstić information content (AvgIpc) is 3.25. The fraction of sp³-hybridized carbons (Fsp3) is 0.625. The molecule has 13 nitrogen and oxygen atoms in total. The number of carbonyl (C=O) groups excluding carboxylic acids is 2. The Morgan fingerprint density at radius 1 is 0.581 bits per heavy atom. The summed E-state index contributed by atoms with van der Waals surface area (Å²) < 4.78 is 32.5. The molecule has 0 saturated heterocycles.